The van der Waals surface area contributed by atoms with Gasteiger partial charge in [0.25, 0.3) is 0 Å². The van der Waals surface area contributed by atoms with Gasteiger partial charge >= 0.3 is 0 Å². The highest BCUT2D eigenvalue weighted by atomic mass is 127. The van der Waals surface area contributed by atoms with Gasteiger partial charge in [0.15, 0.2) is 5.82 Å². The Morgan fingerprint density at radius 3 is 3.00 bits per heavy atom. The lowest BCUT2D eigenvalue weighted by molar-refractivity contribution is 0.664. The van der Waals surface area contributed by atoms with Crippen molar-refractivity contribution in [2.45, 2.75) is 19.9 Å². The number of aromatic nitrogens is 4. The lowest BCUT2D eigenvalue weighted by Gasteiger charge is -2.08. The minimum Gasteiger partial charge on any atom is -0.312 e. The van der Waals surface area contributed by atoms with Gasteiger partial charge in [-0.1, -0.05) is 6.92 Å². The number of hydrogen-bond acceptors (Lipinski definition) is 4. The first-order valence-corrected chi connectivity index (χ1v) is 6.59. The molecule has 6 heteroatoms. The predicted octanol–water partition coefficient (Wildman–Crippen LogP) is 1.77. The molecule has 2 rings (SSSR count). The molecule has 0 fully saturated rings. The molecule has 0 amide bonds. The normalized spacial score (nSPS) is 10.7. The zero-order valence-electron chi connectivity index (χ0n) is 9.60. The van der Waals surface area contributed by atoms with Crippen LogP contribution in [0.5, 0.6) is 0 Å². The van der Waals surface area contributed by atoms with Crippen LogP contribution in [0.3, 0.4) is 0 Å². The maximum absolute atomic E-state index is 4.29. The molecule has 0 aliphatic heterocycles. The predicted molar refractivity (Wildman–Crippen MR) is 73.9 cm³/mol. The van der Waals surface area contributed by atoms with Gasteiger partial charge in [-0.15, -0.1) is 0 Å². The Labute approximate surface area is 114 Å². The van der Waals surface area contributed by atoms with E-state index in [0.29, 0.717) is 0 Å². The summed E-state index contributed by atoms with van der Waals surface area (Å²) in [6.07, 6.45) is 8.26. The molecule has 5 nitrogen and oxygen atoms in total. The Balaban J connectivity index is 2.21. The minimum absolute atomic E-state index is 0.764. The average Bonchev–Trinajstić information content (AvgIpc) is 2.77. The van der Waals surface area contributed by atoms with Crippen LogP contribution >= 0.6 is 22.6 Å². The SMILES string of the molecule is CCCNCc1cncnc1-n1cc(I)cn1. The third-order valence-corrected chi connectivity index (χ3v) is 2.83. The molecule has 0 saturated heterocycles. The summed E-state index contributed by atoms with van der Waals surface area (Å²) in [6.45, 7) is 3.90. The van der Waals surface area contributed by atoms with Crippen molar-refractivity contribution in [3.8, 4) is 5.82 Å². The third-order valence-electron chi connectivity index (χ3n) is 2.27. The van der Waals surface area contributed by atoms with Crippen molar-refractivity contribution in [2.24, 2.45) is 0 Å². The van der Waals surface area contributed by atoms with Crippen LogP contribution in [0, 0.1) is 3.57 Å². The van der Waals surface area contributed by atoms with E-state index in [9.17, 15) is 0 Å². The molecule has 90 valence electrons. The quantitative estimate of drug-likeness (QED) is 0.664. The topological polar surface area (TPSA) is 55.6 Å². The highest BCUT2D eigenvalue weighted by Crippen LogP contribution is 2.11. The molecule has 0 bridgehead atoms. The van der Waals surface area contributed by atoms with Crippen LogP contribution in [0.25, 0.3) is 5.82 Å². The molecule has 0 aliphatic carbocycles. The number of nitrogens with zero attached hydrogens (tertiary/aromatic N) is 4. The van der Waals surface area contributed by atoms with E-state index in [4.69, 9.17) is 0 Å². The highest BCUT2D eigenvalue weighted by molar-refractivity contribution is 14.1. The molecule has 0 aromatic carbocycles. The summed E-state index contributed by atoms with van der Waals surface area (Å²) in [7, 11) is 0. The van der Waals surface area contributed by atoms with Crippen LogP contribution in [0.1, 0.15) is 18.9 Å². The molecule has 1 N–H and O–H groups in total. The van der Waals surface area contributed by atoms with Gasteiger partial charge in [0.1, 0.15) is 6.33 Å². The van der Waals surface area contributed by atoms with Crippen molar-refractivity contribution in [1.29, 1.82) is 0 Å². The Hall–Kier alpha value is -1.02. The van der Waals surface area contributed by atoms with Crippen molar-refractivity contribution in [3.63, 3.8) is 0 Å². The van der Waals surface area contributed by atoms with Crippen molar-refractivity contribution in [2.75, 3.05) is 6.54 Å². The molecule has 0 aliphatic rings. The van der Waals surface area contributed by atoms with E-state index in [1.165, 1.54) is 0 Å². The minimum atomic E-state index is 0.764. The molecule has 17 heavy (non-hydrogen) atoms. The van der Waals surface area contributed by atoms with Crippen LogP contribution in [0.2, 0.25) is 0 Å². The van der Waals surface area contributed by atoms with Crippen LogP contribution in [0.15, 0.2) is 24.9 Å². The van der Waals surface area contributed by atoms with Gasteiger partial charge in [-0.25, -0.2) is 14.6 Å². The van der Waals surface area contributed by atoms with E-state index in [0.717, 1.165) is 34.5 Å². The van der Waals surface area contributed by atoms with Gasteiger partial charge in [-0.3, -0.25) is 0 Å². The number of nitrogens with one attached hydrogen (secondary N) is 1. The average molecular weight is 343 g/mol. The molecule has 0 radical (unpaired) electrons. The zero-order chi connectivity index (χ0) is 12.1. The second-order valence-electron chi connectivity index (χ2n) is 3.65. The maximum atomic E-state index is 4.29. The molecule has 0 unspecified atom stereocenters. The van der Waals surface area contributed by atoms with Gasteiger partial charge < -0.3 is 5.32 Å². The zero-order valence-corrected chi connectivity index (χ0v) is 11.8. The highest BCUT2D eigenvalue weighted by Gasteiger charge is 2.07. The molecule has 2 heterocycles. The lowest BCUT2D eigenvalue weighted by Crippen LogP contribution is -2.16. The van der Waals surface area contributed by atoms with E-state index in [1.807, 2.05) is 18.6 Å². The first kappa shape index (κ1) is 12.4. The van der Waals surface area contributed by atoms with Crippen molar-refractivity contribution in [3.05, 3.63) is 34.1 Å². The summed E-state index contributed by atoms with van der Waals surface area (Å²) in [5.74, 6) is 0.839. The van der Waals surface area contributed by atoms with E-state index < -0.39 is 0 Å². The van der Waals surface area contributed by atoms with E-state index in [1.54, 1.807) is 11.0 Å². The molecule has 0 saturated carbocycles. The summed E-state index contributed by atoms with van der Waals surface area (Å²) in [4.78, 5) is 8.35. The Kier molecular flexibility index (Phi) is 4.43. The standard InChI is InChI=1S/C11H14IN5/c1-2-3-13-4-9-5-14-8-15-11(9)17-7-10(12)6-16-17/h5-8,13H,2-4H2,1H3. The summed E-state index contributed by atoms with van der Waals surface area (Å²) >= 11 is 2.23. The van der Waals surface area contributed by atoms with Crippen LogP contribution in [-0.4, -0.2) is 26.3 Å². The summed E-state index contributed by atoms with van der Waals surface area (Å²) in [5, 5.41) is 7.61. The number of hydrogen-bond donors (Lipinski definition) is 1. The van der Waals surface area contributed by atoms with Crippen molar-refractivity contribution >= 4 is 22.6 Å². The summed E-state index contributed by atoms with van der Waals surface area (Å²) in [5.41, 5.74) is 1.06. The van der Waals surface area contributed by atoms with E-state index in [2.05, 4.69) is 49.9 Å². The second-order valence-corrected chi connectivity index (χ2v) is 4.90. The monoisotopic (exact) mass is 343 g/mol. The Morgan fingerprint density at radius 1 is 1.41 bits per heavy atom. The maximum Gasteiger partial charge on any atom is 0.161 e. The van der Waals surface area contributed by atoms with E-state index >= 15 is 0 Å². The first-order valence-electron chi connectivity index (χ1n) is 5.51. The van der Waals surface area contributed by atoms with Gasteiger partial charge in [-0.05, 0) is 35.6 Å². The van der Waals surface area contributed by atoms with Gasteiger partial charge in [-0.2, -0.15) is 5.10 Å². The second kappa shape index (κ2) is 6.06. The molecule has 2 aromatic heterocycles. The van der Waals surface area contributed by atoms with Gasteiger partial charge in [0.2, 0.25) is 0 Å². The molecular weight excluding hydrogens is 329 g/mol. The van der Waals surface area contributed by atoms with Gasteiger partial charge in [0.05, 0.1) is 9.77 Å². The largest absolute Gasteiger partial charge is 0.312 e. The van der Waals surface area contributed by atoms with Gasteiger partial charge in [0, 0.05) is 24.5 Å². The molecular formula is C11H14IN5. The molecule has 0 spiro atoms. The smallest absolute Gasteiger partial charge is 0.161 e. The number of halogens is 1. The summed E-state index contributed by atoms with van der Waals surface area (Å²) in [6, 6.07) is 0. The summed E-state index contributed by atoms with van der Waals surface area (Å²) < 4.78 is 2.88. The lowest BCUT2D eigenvalue weighted by atomic mass is 10.3. The Bertz CT molecular complexity index is 482. The first-order chi connectivity index (χ1) is 8.31. The fourth-order valence-corrected chi connectivity index (χ4v) is 1.89. The molecule has 2 aromatic rings. The van der Waals surface area contributed by atoms with Crippen LogP contribution in [0.4, 0.5) is 0 Å². The third kappa shape index (κ3) is 3.22. The van der Waals surface area contributed by atoms with Crippen LogP contribution in [-0.2, 0) is 6.54 Å². The van der Waals surface area contributed by atoms with Crippen LogP contribution < -0.4 is 5.32 Å². The van der Waals surface area contributed by atoms with Crippen molar-refractivity contribution in [1.82, 2.24) is 25.1 Å². The van der Waals surface area contributed by atoms with E-state index in [-0.39, 0.29) is 0 Å². The molecule has 0 atom stereocenters. The fourth-order valence-electron chi connectivity index (χ4n) is 1.50. The number of rotatable bonds is 5. The van der Waals surface area contributed by atoms with Crippen molar-refractivity contribution < 1.29 is 0 Å². The fraction of sp³-hybridized carbons (Fsp3) is 0.364. The Morgan fingerprint density at radius 2 is 2.29 bits per heavy atom.